The summed E-state index contributed by atoms with van der Waals surface area (Å²) < 4.78 is 31.0. The lowest BCUT2D eigenvalue weighted by Gasteiger charge is -2.15. The quantitative estimate of drug-likeness (QED) is 0.846. The standard InChI is InChI=1S/C13H9FN2O2S/c14-11-8-6-10(7-9-11)13-15-18-19(17)16(13)12-4-2-1-3-5-12/h1-9H. The van der Waals surface area contributed by atoms with Crippen LogP contribution in [0.1, 0.15) is 5.56 Å². The zero-order valence-corrected chi connectivity index (χ0v) is 10.5. The fourth-order valence-corrected chi connectivity index (χ4v) is 2.52. The topological polar surface area (TPSA) is 41.9 Å². The van der Waals surface area contributed by atoms with E-state index in [1.807, 2.05) is 18.2 Å². The monoisotopic (exact) mass is 276 g/mol. The Kier molecular flexibility index (Phi) is 3.00. The van der Waals surface area contributed by atoms with Gasteiger partial charge in [-0.1, -0.05) is 18.2 Å². The van der Waals surface area contributed by atoms with Crippen LogP contribution in [0.2, 0.25) is 0 Å². The van der Waals surface area contributed by atoms with E-state index in [4.69, 9.17) is 4.28 Å². The van der Waals surface area contributed by atoms with E-state index in [2.05, 4.69) is 5.16 Å². The van der Waals surface area contributed by atoms with Crippen molar-refractivity contribution in [2.24, 2.45) is 5.16 Å². The van der Waals surface area contributed by atoms with Crippen molar-refractivity contribution in [3.8, 4) is 0 Å². The molecule has 0 aliphatic carbocycles. The third kappa shape index (κ3) is 2.22. The number of hydrogen-bond acceptors (Lipinski definition) is 3. The predicted octanol–water partition coefficient (Wildman–Crippen LogP) is 2.60. The summed E-state index contributed by atoms with van der Waals surface area (Å²) in [6.07, 6.45) is 0. The van der Waals surface area contributed by atoms with Gasteiger partial charge >= 0.3 is 11.3 Å². The van der Waals surface area contributed by atoms with Gasteiger partial charge in [-0.15, -0.1) is 0 Å². The summed E-state index contributed by atoms with van der Waals surface area (Å²) in [5.41, 5.74) is 1.33. The van der Waals surface area contributed by atoms with Gasteiger partial charge in [-0.25, -0.2) is 8.70 Å². The number of nitrogens with zero attached hydrogens (tertiary/aromatic N) is 2. The molecule has 0 amide bonds. The smallest absolute Gasteiger partial charge is 0.268 e. The highest BCUT2D eigenvalue weighted by molar-refractivity contribution is 7.83. The highest BCUT2D eigenvalue weighted by atomic mass is 32.2. The Morgan fingerprint density at radius 2 is 1.74 bits per heavy atom. The van der Waals surface area contributed by atoms with Crippen LogP contribution in [0.3, 0.4) is 0 Å². The summed E-state index contributed by atoms with van der Waals surface area (Å²) in [5.74, 6) is 0.0557. The van der Waals surface area contributed by atoms with Crippen LogP contribution in [-0.4, -0.2) is 10.0 Å². The minimum atomic E-state index is -1.71. The van der Waals surface area contributed by atoms with Crippen molar-refractivity contribution in [3.63, 3.8) is 0 Å². The summed E-state index contributed by atoms with van der Waals surface area (Å²) in [6.45, 7) is 0. The molecular formula is C13H9FN2O2S. The van der Waals surface area contributed by atoms with E-state index in [9.17, 15) is 8.60 Å². The molecule has 19 heavy (non-hydrogen) atoms. The van der Waals surface area contributed by atoms with Gasteiger partial charge in [-0.3, -0.25) is 4.28 Å². The molecule has 0 bridgehead atoms. The Bertz CT molecular complexity index is 643. The summed E-state index contributed by atoms with van der Waals surface area (Å²) in [5, 5.41) is 3.79. The van der Waals surface area contributed by atoms with Crippen LogP contribution in [0.4, 0.5) is 10.1 Å². The first-order chi connectivity index (χ1) is 9.25. The molecule has 1 aliphatic heterocycles. The van der Waals surface area contributed by atoms with Crippen LogP contribution in [-0.2, 0) is 15.6 Å². The van der Waals surface area contributed by atoms with Gasteiger partial charge in [0.2, 0.25) is 0 Å². The van der Waals surface area contributed by atoms with Crippen LogP contribution < -0.4 is 4.31 Å². The molecule has 4 nitrogen and oxygen atoms in total. The van der Waals surface area contributed by atoms with Gasteiger partial charge in [-0.05, 0) is 41.6 Å². The summed E-state index contributed by atoms with van der Waals surface area (Å²) in [7, 11) is 0. The molecule has 0 spiro atoms. The van der Waals surface area contributed by atoms with Crippen LogP contribution in [0.25, 0.3) is 0 Å². The molecule has 2 aromatic carbocycles. The first-order valence-corrected chi connectivity index (χ1v) is 6.57. The molecule has 6 heteroatoms. The zero-order valence-electron chi connectivity index (χ0n) is 9.69. The number of oxime groups is 1. The third-order valence-corrected chi connectivity index (χ3v) is 3.51. The highest BCUT2D eigenvalue weighted by Crippen LogP contribution is 2.24. The summed E-state index contributed by atoms with van der Waals surface area (Å²) in [4.78, 5) is 0. The molecule has 0 saturated heterocycles. The Labute approximate surface area is 111 Å². The van der Waals surface area contributed by atoms with E-state index in [0.717, 1.165) is 0 Å². The van der Waals surface area contributed by atoms with Crippen LogP contribution in [0.15, 0.2) is 59.8 Å². The predicted molar refractivity (Wildman–Crippen MR) is 71.1 cm³/mol. The summed E-state index contributed by atoms with van der Waals surface area (Å²) in [6, 6.07) is 14.9. The fraction of sp³-hybridized carbons (Fsp3) is 0. The van der Waals surface area contributed by atoms with Crippen molar-refractivity contribution in [3.05, 3.63) is 66.0 Å². The number of para-hydroxylation sites is 1. The van der Waals surface area contributed by atoms with E-state index in [0.29, 0.717) is 17.1 Å². The van der Waals surface area contributed by atoms with Crippen molar-refractivity contribution >= 4 is 22.8 Å². The van der Waals surface area contributed by atoms with Gasteiger partial charge in [0.15, 0.2) is 5.84 Å². The van der Waals surface area contributed by atoms with E-state index in [1.165, 1.54) is 16.4 Å². The number of halogens is 1. The maximum atomic E-state index is 12.9. The number of amidine groups is 1. The Balaban J connectivity index is 2.01. The molecule has 0 fully saturated rings. The maximum absolute atomic E-state index is 12.9. The third-order valence-electron chi connectivity index (χ3n) is 2.62. The molecule has 1 unspecified atom stereocenters. The van der Waals surface area contributed by atoms with Gasteiger partial charge in [-0.2, -0.15) is 4.21 Å². The lowest BCUT2D eigenvalue weighted by atomic mass is 10.2. The molecule has 2 aromatic rings. The van der Waals surface area contributed by atoms with Crippen molar-refractivity contribution < 1.29 is 12.9 Å². The largest absolute Gasteiger partial charge is 0.346 e. The zero-order chi connectivity index (χ0) is 13.2. The molecule has 1 atom stereocenters. The SMILES string of the molecule is O=S1ON=C(c2ccc(F)cc2)N1c1ccccc1. The second kappa shape index (κ2) is 4.81. The number of rotatable bonds is 2. The minimum absolute atomic E-state index is 0.337. The number of benzene rings is 2. The average Bonchev–Trinajstić information content (AvgIpc) is 2.82. The molecule has 1 aliphatic rings. The molecule has 96 valence electrons. The first-order valence-electron chi connectivity index (χ1n) is 5.54. The lowest BCUT2D eigenvalue weighted by Crippen LogP contribution is -2.28. The Morgan fingerprint density at radius 3 is 2.42 bits per heavy atom. The van der Waals surface area contributed by atoms with Crippen LogP contribution >= 0.6 is 0 Å². The second-order valence-corrected chi connectivity index (χ2v) is 4.79. The molecule has 0 radical (unpaired) electrons. The average molecular weight is 276 g/mol. The second-order valence-electron chi connectivity index (χ2n) is 3.84. The normalized spacial score (nSPS) is 18.1. The van der Waals surface area contributed by atoms with Crippen molar-refractivity contribution in [1.29, 1.82) is 0 Å². The lowest BCUT2D eigenvalue weighted by molar-refractivity contribution is 0.386. The van der Waals surface area contributed by atoms with Crippen molar-refractivity contribution in [2.75, 3.05) is 4.31 Å². The Hall–Kier alpha value is -2.21. The van der Waals surface area contributed by atoms with Crippen molar-refractivity contribution in [1.82, 2.24) is 0 Å². The van der Waals surface area contributed by atoms with Crippen LogP contribution in [0, 0.1) is 5.82 Å². The highest BCUT2D eigenvalue weighted by Gasteiger charge is 2.29. The molecule has 0 saturated carbocycles. The van der Waals surface area contributed by atoms with Gasteiger partial charge in [0.1, 0.15) is 5.82 Å². The minimum Gasteiger partial charge on any atom is -0.268 e. The van der Waals surface area contributed by atoms with Gasteiger partial charge in [0.25, 0.3) is 0 Å². The van der Waals surface area contributed by atoms with Gasteiger partial charge in [0, 0.05) is 5.56 Å². The number of anilines is 1. The van der Waals surface area contributed by atoms with E-state index in [1.54, 1.807) is 24.3 Å². The molecular weight excluding hydrogens is 267 g/mol. The molecule has 0 aromatic heterocycles. The van der Waals surface area contributed by atoms with Gasteiger partial charge in [0.05, 0.1) is 5.69 Å². The molecule has 0 N–H and O–H groups in total. The van der Waals surface area contributed by atoms with E-state index < -0.39 is 11.3 Å². The molecule has 3 rings (SSSR count). The van der Waals surface area contributed by atoms with E-state index >= 15 is 0 Å². The fourth-order valence-electron chi connectivity index (χ4n) is 1.75. The number of hydrogen-bond donors (Lipinski definition) is 0. The Morgan fingerprint density at radius 1 is 1.05 bits per heavy atom. The molecule has 1 heterocycles. The first kappa shape index (κ1) is 11.9. The van der Waals surface area contributed by atoms with Gasteiger partial charge < -0.3 is 0 Å². The van der Waals surface area contributed by atoms with Crippen LogP contribution in [0.5, 0.6) is 0 Å². The van der Waals surface area contributed by atoms with Crippen molar-refractivity contribution in [2.45, 2.75) is 0 Å². The summed E-state index contributed by atoms with van der Waals surface area (Å²) >= 11 is -1.71. The maximum Gasteiger partial charge on any atom is 0.346 e. The van der Waals surface area contributed by atoms with E-state index in [-0.39, 0.29) is 5.82 Å².